The lowest BCUT2D eigenvalue weighted by Gasteiger charge is -2.21. The second kappa shape index (κ2) is 7.69. The average molecular weight is 409 g/mol. The summed E-state index contributed by atoms with van der Waals surface area (Å²) in [4.78, 5) is 16.5. The lowest BCUT2D eigenvalue weighted by atomic mass is 9.93. The first-order valence-electron chi connectivity index (χ1n) is 9.30. The van der Waals surface area contributed by atoms with Crippen molar-refractivity contribution in [2.24, 2.45) is 0 Å². The van der Waals surface area contributed by atoms with Crippen LogP contribution < -0.4 is 10.9 Å². The largest absolute Gasteiger partial charge is 0.479 e. The monoisotopic (exact) mass is 409 g/mol. The van der Waals surface area contributed by atoms with E-state index in [9.17, 15) is 14.3 Å². The van der Waals surface area contributed by atoms with Gasteiger partial charge in [-0.15, -0.1) is 0 Å². The molecule has 1 aromatic carbocycles. The fraction of sp³-hybridized carbons (Fsp3) is 0.190. The van der Waals surface area contributed by atoms with Crippen molar-refractivity contribution in [3.8, 4) is 11.1 Å². The number of pyridine rings is 1. The molecule has 4 rings (SSSR count). The van der Waals surface area contributed by atoms with Gasteiger partial charge in [-0.05, 0) is 48.9 Å². The van der Waals surface area contributed by atoms with Crippen LogP contribution >= 0.6 is 0 Å². The Hall–Kier alpha value is -3.56. The lowest BCUT2D eigenvalue weighted by molar-refractivity contribution is -0.143. The van der Waals surface area contributed by atoms with Crippen LogP contribution in [-0.4, -0.2) is 37.6 Å². The van der Waals surface area contributed by atoms with Gasteiger partial charge in [-0.25, -0.2) is 14.6 Å². The molecule has 0 saturated carbocycles. The van der Waals surface area contributed by atoms with E-state index < -0.39 is 17.3 Å². The standard InChI is InChI=1S/C21H20FN5O3/c1-13-3-2-4-19(24-13)21(20(29)30)10-18(25-26-21)14-5-6-17(22)16(9-14)15-11-23-27(12-15)7-8-28/h2-6,9-12,25-26,28H,7-8H2,1H3,(H,29,30). The number of aliphatic hydroxyl groups is 1. The Bertz CT molecular complexity index is 1140. The summed E-state index contributed by atoms with van der Waals surface area (Å²) in [5, 5.41) is 23.1. The SMILES string of the molecule is Cc1cccc(C2(C(=O)O)C=C(c3ccc(F)c(-c4cnn(CCO)c4)c3)NN2)n1. The van der Waals surface area contributed by atoms with Crippen molar-refractivity contribution >= 4 is 11.7 Å². The third kappa shape index (κ3) is 3.44. The molecule has 154 valence electrons. The summed E-state index contributed by atoms with van der Waals surface area (Å²) < 4.78 is 16.0. The molecular formula is C21H20FN5O3. The number of carboxylic acid groups (broad SMARTS) is 1. The van der Waals surface area contributed by atoms with Gasteiger partial charge in [-0.1, -0.05) is 6.07 Å². The Morgan fingerprint density at radius 1 is 1.27 bits per heavy atom. The number of benzene rings is 1. The number of carbonyl (C=O) groups is 1. The van der Waals surface area contributed by atoms with Gasteiger partial charge in [-0.2, -0.15) is 5.10 Å². The van der Waals surface area contributed by atoms with Gasteiger partial charge in [0.1, 0.15) is 5.82 Å². The van der Waals surface area contributed by atoms with Crippen LogP contribution in [0.3, 0.4) is 0 Å². The highest BCUT2D eigenvalue weighted by Crippen LogP contribution is 2.32. The summed E-state index contributed by atoms with van der Waals surface area (Å²) in [6, 6.07) is 9.69. The van der Waals surface area contributed by atoms with Crippen LogP contribution in [-0.2, 0) is 16.9 Å². The number of hydrogen-bond donors (Lipinski definition) is 4. The molecule has 2 aromatic heterocycles. The molecule has 1 unspecified atom stereocenters. The van der Waals surface area contributed by atoms with E-state index in [-0.39, 0.29) is 6.61 Å². The summed E-state index contributed by atoms with van der Waals surface area (Å²) in [5.74, 6) is -1.55. The van der Waals surface area contributed by atoms with E-state index in [1.54, 1.807) is 43.5 Å². The predicted octanol–water partition coefficient (Wildman–Crippen LogP) is 1.81. The zero-order chi connectivity index (χ0) is 21.3. The van der Waals surface area contributed by atoms with Crippen molar-refractivity contribution in [1.29, 1.82) is 0 Å². The average Bonchev–Trinajstić information content (AvgIpc) is 3.37. The Kier molecular flexibility index (Phi) is 5.06. The maximum absolute atomic E-state index is 14.5. The molecule has 3 heterocycles. The number of aliphatic carboxylic acids is 1. The molecule has 1 aliphatic rings. The van der Waals surface area contributed by atoms with Crippen molar-refractivity contribution in [2.75, 3.05) is 6.61 Å². The molecule has 4 N–H and O–H groups in total. The van der Waals surface area contributed by atoms with Crippen LogP contribution in [0.5, 0.6) is 0 Å². The summed E-state index contributed by atoms with van der Waals surface area (Å²) in [5.41, 5.74) is 7.16. The third-order valence-electron chi connectivity index (χ3n) is 4.94. The van der Waals surface area contributed by atoms with E-state index in [0.717, 1.165) is 0 Å². The number of aliphatic hydroxyl groups excluding tert-OH is 1. The molecule has 0 saturated heterocycles. The van der Waals surface area contributed by atoms with E-state index in [2.05, 4.69) is 20.9 Å². The highest BCUT2D eigenvalue weighted by Gasteiger charge is 2.44. The quantitative estimate of drug-likeness (QED) is 0.491. The van der Waals surface area contributed by atoms with E-state index >= 15 is 0 Å². The topological polar surface area (TPSA) is 112 Å². The number of rotatable bonds is 6. The first kappa shape index (κ1) is 19.7. The van der Waals surface area contributed by atoms with E-state index in [1.165, 1.54) is 23.0 Å². The molecule has 0 bridgehead atoms. The number of carboxylic acids is 1. The molecule has 9 heteroatoms. The van der Waals surface area contributed by atoms with Crippen LogP contribution in [0.1, 0.15) is 17.0 Å². The first-order valence-corrected chi connectivity index (χ1v) is 9.30. The summed E-state index contributed by atoms with van der Waals surface area (Å²) >= 11 is 0. The Morgan fingerprint density at radius 3 is 2.83 bits per heavy atom. The number of aryl methyl sites for hydroxylation is 1. The highest BCUT2D eigenvalue weighted by molar-refractivity contribution is 5.88. The summed E-state index contributed by atoms with van der Waals surface area (Å²) in [6.45, 7) is 2.02. The van der Waals surface area contributed by atoms with Gasteiger partial charge in [-0.3, -0.25) is 9.67 Å². The Labute approximate surface area is 171 Å². The number of nitrogens with zero attached hydrogens (tertiary/aromatic N) is 3. The van der Waals surface area contributed by atoms with Crippen LogP contribution in [0, 0.1) is 12.7 Å². The van der Waals surface area contributed by atoms with Gasteiger partial charge in [0.05, 0.1) is 30.7 Å². The second-order valence-electron chi connectivity index (χ2n) is 7.00. The molecule has 1 aliphatic heterocycles. The minimum atomic E-state index is -1.55. The summed E-state index contributed by atoms with van der Waals surface area (Å²) in [7, 11) is 0. The maximum atomic E-state index is 14.5. The van der Waals surface area contributed by atoms with Gasteiger partial charge in [0.25, 0.3) is 0 Å². The molecule has 0 radical (unpaired) electrons. The molecule has 30 heavy (non-hydrogen) atoms. The molecule has 3 aromatic rings. The van der Waals surface area contributed by atoms with E-state index in [0.29, 0.717) is 40.3 Å². The smallest absolute Gasteiger partial charge is 0.336 e. The zero-order valence-electron chi connectivity index (χ0n) is 16.1. The van der Waals surface area contributed by atoms with Crippen molar-refractivity contribution in [1.82, 2.24) is 25.6 Å². The minimum absolute atomic E-state index is 0.0730. The normalized spacial score (nSPS) is 18.2. The maximum Gasteiger partial charge on any atom is 0.336 e. The van der Waals surface area contributed by atoms with Crippen molar-refractivity contribution in [3.63, 3.8) is 0 Å². The van der Waals surface area contributed by atoms with Gasteiger partial charge in [0.15, 0.2) is 5.54 Å². The van der Waals surface area contributed by atoms with Crippen LogP contribution in [0.15, 0.2) is 54.9 Å². The molecule has 0 fully saturated rings. The highest BCUT2D eigenvalue weighted by atomic mass is 19.1. The van der Waals surface area contributed by atoms with E-state index in [1.807, 2.05) is 0 Å². The van der Waals surface area contributed by atoms with Gasteiger partial charge in [0.2, 0.25) is 0 Å². The van der Waals surface area contributed by atoms with Crippen molar-refractivity contribution in [3.05, 3.63) is 77.6 Å². The molecule has 0 aliphatic carbocycles. The molecule has 8 nitrogen and oxygen atoms in total. The van der Waals surface area contributed by atoms with Crippen LogP contribution in [0.2, 0.25) is 0 Å². The Balaban J connectivity index is 1.74. The molecule has 1 atom stereocenters. The van der Waals surface area contributed by atoms with Gasteiger partial charge in [0, 0.05) is 23.0 Å². The van der Waals surface area contributed by atoms with Crippen molar-refractivity contribution in [2.45, 2.75) is 19.0 Å². The zero-order valence-corrected chi connectivity index (χ0v) is 16.1. The Morgan fingerprint density at radius 2 is 2.10 bits per heavy atom. The number of hydrazine groups is 1. The number of hydrogen-bond acceptors (Lipinski definition) is 6. The number of nitrogens with one attached hydrogen (secondary N) is 2. The summed E-state index contributed by atoms with van der Waals surface area (Å²) in [6.07, 6.45) is 4.69. The minimum Gasteiger partial charge on any atom is -0.479 e. The fourth-order valence-electron chi connectivity index (χ4n) is 3.38. The van der Waals surface area contributed by atoms with Crippen LogP contribution in [0.4, 0.5) is 4.39 Å². The number of halogens is 1. The van der Waals surface area contributed by atoms with Crippen LogP contribution in [0.25, 0.3) is 16.8 Å². The predicted molar refractivity (Wildman–Crippen MR) is 107 cm³/mol. The lowest BCUT2D eigenvalue weighted by Crippen LogP contribution is -2.49. The van der Waals surface area contributed by atoms with Gasteiger partial charge >= 0.3 is 5.97 Å². The molecule has 0 spiro atoms. The fourth-order valence-corrected chi connectivity index (χ4v) is 3.38. The first-order chi connectivity index (χ1) is 14.4. The number of aromatic nitrogens is 3. The van der Waals surface area contributed by atoms with Gasteiger partial charge < -0.3 is 15.6 Å². The molecule has 0 amide bonds. The van der Waals surface area contributed by atoms with Crippen molar-refractivity contribution < 1.29 is 19.4 Å². The molecular weight excluding hydrogens is 389 g/mol. The third-order valence-corrected chi connectivity index (χ3v) is 4.94. The second-order valence-corrected chi connectivity index (χ2v) is 7.00. The van der Waals surface area contributed by atoms with E-state index in [4.69, 9.17) is 5.11 Å².